The van der Waals surface area contributed by atoms with Crippen LogP contribution in [0.5, 0.6) is 0 Å². The Labute approximate surface area is 166 Å². The third kappa shape index (κ3) is 4.26. The Morgan fingerprint density at radius 1 is 1.29 bits per heavy atom. The van der Waals surface area contributed by atoms with Gasteiger partial charge in [0, 0.05) is 22.1 Å². The summed E-state index contributed by atoms with van der Waals surface area (Å²) in [5, 5.41) is 14.1. The second-order valence-corrected chi connectivity index (χ2v) is 7.32. The molecule has 6 nitrogen and oxygen atoms in total. The number of carbonyl (C=O) groups is 1. The van der Waals surface area contributed by atoms with Crippen molar-refractivity contribution in [2.75, 3.05) is 11.9 Å². The number of hydrogen-bond donors (Lipinski definition) is 3. The van der Waals surface area contributed by atoms with Gasteiger partial charge in [-0.25, -0.2) is 9.18 Å². The summed E-state index contributed by atoms with van der Waals surface area (Å²) in [4.78, 5) is 12.6. The molecular weight excluding hydrogens is 383 g/mol. The Bertz CT molecular complexity index is 967. The van der Waals surface area contributed by atoms with E-state index in [1.54, 1.807) is 24.4 Å². The largest absolute Gasteiger partial charge is 0.439 e. The predicted octanol–water partition coefficient (Wildman–Crippen LogP) is 4.79. The molecule has 2 heterocycles. The molecule has 2 atom stereocenters. The number of carbonyl (C=O) groups excluding carboxylic acids is 1. The van der Waals surface area contributed by atoms with Crippen molar-refractivity contribution in [3.63, 3.8) is 0 Å². The van der Waals surface area contributed by atoms with Gasteiger partial charge in [-0.3, -0.25) is 10.4 Å². The van der Waals surface area contributed by atoms with Crippen LogP contribution in [-0.4, -0.2) is 28.9 Å². The number of H-pyrrole nitrogens is 1. The third-order valence-electron chi connectivity index (χ3n) is 4.85. The van der Waals surface area contributed by atoms with Crippen molar-refractivity contribution >= 4 is 34.3 Å². The summed E-state index contributed by atoms with van der Waals surface area (Å²) in [6.07, 6.45) is 3.32. The summed E-state index contributed by atoms with van der Waals surface area (Å²) >= 11 is 6.02. The number of nitrogens with one attached hydrogen (secondary N) is 3. The Balaban J connectivity index is 1.54. The molecule has 0 bridgehead atoms. The Morgan fingerprint density at radius 3 is 2.96 bits per heavy atom. The maximum atomic E-state index is 13.9. The number of rotatable bonds is 4. The molecule has 0 spiro atoms. The number of piperidine rings is 1. The van der Waals surface area contributed by atoms with Crippen molar-refractivity contribution in [1.82, 2.24) is 15.5 Å². The molecule has 1 fully saturated rings. The number of benzene rings is 2. The van der Waals surface area contributed by atoms with Crippen LogP contribution in [0.4, 0.5) is 14.9 Å². The van der Waals surface area contributed by atoms with E-state index in [0.717, 1.165) is 36.7 Å². The lowest BCUT2D eigenvalue weighted by Gasteiger charge is -2.31. The zero-order valence-corrected chi connectivity index (χ0v) is 15.8. The van der Waals surface area contributed by atoms with E-state index >= 15 is 0 Å². The van der Waals surface area contributed by atoms with Crippen LogP contribution in [0.2, 0.25) is 5.02 Å². The van der Waals surface area contributed by atoms with Crippen LogP contribution in [0.3, 0.4) is 0 Å². The van der Waals surface area contributed by atoms with Gasteiger partial charge in [0.1, 0.15) is 11.9 Å². The van der Waals surface area contributed by atoms with Crippen molar-refractivity contribution in [2.45, 2.75) is 31.4 Å². The second-order valence-electron chi connectivity index (χ2n) is 6.88. The topological polar surface area (TPSA) is 79.0 Å². The molecule has 4 rings (SSSR count). The average Bonchev–Trinajstić information content (AvgIpc) is 3.14. The SMILES string of the molecule is O=C(Nc1ccc2[nH]ncc2c1)OC(c1cc(F)cc(Cl)c1)[C@@H]1CCCCN1. The monoisotopic (exact) mass is 402 g/mol. The first kappa shape index (κ1) is 18.7. The molecule has 1 aromatic heterocycles. The minimum atomic E-state index is -0.647. The maximum Gasteiger partial charge on any atom is 0.412 e. The van der Waals surface area contributed by atoms with Crippen LogP contribution in [0.25, 0.3) is 10.9 Å². The van der Waals surface area contributed by atoms with Gasteiger partial charge in [-0.15, -0.1) is 0 Å². The van der Waals surface area contributed by atoms with Gasteiger partial charge >= 0.3 is 6.09 Å². The smallest absolute Gasteiger partial charge is 0.412 e. The fourth-order valence-electron chi connectivity index (χ4n) is 3.54. The number of halogens is 2. The average molecular weight is 403 g/mol. The molecule has 3 N–H and O–H groups in total. The van der Waals surface area contributed by atoms with E-state index in [1.165, 1.54) is 12.1 Å². The molecule has 1 aliphatic rings. The van der Waals surface area contributed by atoms with E-state index < -0.39 is 18.0 Å². The molecule has 1 aliphatic heterocycles. The quantitative estimate of drug-likeness (QED) is 0.586. The highest BCUT2D eigenvalue weighted by Crippen LogP contribution is 2.30. The van der Waals surface area contributed by atoms with Gasteiger partial charge in [-0.05, 0) is 61.3 Å². The van der Waals surface area contributed by atoms with E-state index in [2.05, 4.69) is 20.8 Å². The Kier molecular flexibility index (Phi) is 5.45. The maximum absolute atomic E-state index is 13.9. The number of anilines is 1. The van der Waals surface area contributed by atoms with E-state index in [0.29, 0.717) is 11.3 Å². The molecule has 146 valence electrons. The van der Waals surface area contributed by atoms with Crippen LogP contribution >= 0.6 is 11.6 Å². The van der Waals surface area contributed by atoms with Crippen LogP contribution in [0, 0.1) is 5.82 Å². The minimum absolute atomic E-state index is 0.103. The zero-order valence-electron chi connectivity index (χ0n) is 15.0. The number of aromatic amines is 1. The van der Waals surface area contributed by atoms with Crippen LogP contribution in [0.15, 0.2) is 42.6 Å². The number of amides is 1. The summed E-state index contributed by atoms with van der Waals surface area (Å²) in [5.41, 5.74) is 1.99. The lowest BCUT2D eigenvalue weighted by Crippen LogP contribution is -2.41. The van der Waals surface area contributed by atoms with E-state index in [9.17, 15) is 9.18 Å². The third-order valence-corrected chi connectivity index (χ3v) is 5.07. The van der Waals surface area contributed by atoms with Crippen molar-refractivity contribution < 1.29 is 13.9 Å². The second kappa shape index (κ2) is 8.16. The molecular formula is C20H20ClFN4O2. The summed E-state index contributed by atoms with van der Waals surface area (Å²) in [7, 11) is 0. The zero-order chi connectivity index (χ0) is 19.5. The molecule has 8 heteroatoms. The molecule has 2 aromatic carbocycles. The first-order valence-electron chi connectivity index (χ1n) is 9.18. The predicted molar refractivity (Wildman–Crippen MR) is 106 cm³/mol. The number of hydrogen-bond acceptors (Lipinski definition) is 4. The van der Waals surface area contributed by atoms with Crippen molar-refractivity contribution in [1.29, 1.82) is 0 Å². The molecule has 1 amide bonds. The highest BCUT2D eigenvalue weighted by atomic mass is 35.5. The first-order chi connectivity index (χ1) is 13.6. The summed E-state index contributed by atoms with van der Waals surface area (Å²) < 4.78 is 19.6. The fourth-order valence-corrected chi connectivity index (χ4v) is 3.77. The molecule has 28 heavy (non-hydrogen) atoms. The van der Waals surface area contributed by atoms with Crippen molar-refractivity contribution in [3.05, 3.63) is 59.0 Å². The number of aromatic nitrogens is 2. The first-order valence-corrected chi connectivity index (χ1v) is 9.56. The van der Waals surface area contributed by atoms with Gasteiger partial charge in [-0.1, -0.05) is 18.0 Å². The summed E-state index contributed by atoms with van der Waals surface area (Å²) in [6, 6.07) is 9.50. The molecule has 3 aromatic rings. The Hall–Kier alpha value is -2.64. The molecule has 0 aliphatic carbocycles. The lowest BCUT2D eigenvalue weighted by atomic mass is 9.94. The van der Waals surface area contributed by atoms with Crippen LogP contribution in [0.1, 0.15) is 30.9 Å². The van der Waals surface area contributed by atoms with Crippen molar-refractivity contribution in [2.24, 2.45) is 0 Å². The Morgan fingerprint density at radius 2 is 2.18 bits per heavy atom. The van der Waals surface area contributed by atoms with Crippen LogP contribution in [-0.2, 0) is 4.74 Å². The molecule has 1 unspecified atom stereocenters. The number of ether oxygens (including phenoxy) is 1. The standard InChI is InChI=1S/C20H20ClFN4O2/c21-14-7-12(8-15(22)10-14)19(18-3-1-2-6-23-18)28-20(27)25-16-4-5-17-13(9-16)11-24-26-17/h4-5,7-11,18-19,23H,1-3,6H2,(H,24,26)(H,25,27)/t18-,19?/m0/s1. The van der Waals surface area contributed by atoms with Gasteiger partial charge in [-0.2, -0.15) is 5.10 Å². The number of fused-ring (bicyclic) bond motifs is 1. The van der Waals surface area contributed by atoms with Gasteiger partial charge in [0.05, 0.1) is 11.7 Å². The fraction of sp³-hybridized carbons (Fsp3) is 0.300. The summed E-state index contributed by atoms with van der Waals surface area (Å²) in [5.74, 6) is -0.460. The molecule has 0 saturated carbocycles. The van der Waals surface area contributed by atoms with Gasteiger partial charge < -0.3 is 10.1 Å². The number of nitrogens with zero attached hydrogens (tertiary/aromatic N) is 1. The highest BCUT2D eigenvalue weighted by Gasteiger charge is 2.29. The minimum Gasteiger partial charge on any atom is -0.439 e. The van der Waals surface area contributed by atoms with Crippen molar-refractivity contribution in [3.8, 4) is 0 Å². The van der Waals surface area contributed by atoms with E-state index in [1.807, 2.05) is 6.07 Å². The summed E-state index contributed by atoms with van der Waals surface area (Å²) in [6.45, 7) is 0.826. The molecule has 0 radical (unpaired) electrons. The normalized spacial score (nSPS) is 18.0. The lowest BCUT2D eigenvalue weighted by molar-refractivity contribution is 0.0761. The van der Waals surface area contributed by atoms with Gasteiger partial charge in [0.25, 0.3) is 0 Å². The van der Waals surface area contributed by atoms with Gasteiger partial charge in [0.15, 0.2) is 0 Å². The molecule has 1 saturated heterocycles. The highest BCUT2D eigenvalue weighted by molar-refractivity contribution is 6.30. The van der Waals surface area contributed by atoms with E-state index in [4.69, 9.17) is 16.3 Å². The van der Waals surface area contributed by atoms with E-state index in [-0.39, 0.29) is 11.1 Å². The van der Waals surface area contributed by atoms with Gasteiger partial charge in [0.2, 0.25) is 0 Å². The van der Waals surface area contributed by atoms with Crippen LogP contribution < -0.4 is 10.6 Å².